The van der Waals surface area contributed by atoms with Crippen LogP contribution in [0, 0.1) is 12.7 Å². The molecule has 0 saturated carbocycles. The molecule has 0 aliphatic carbocycles. The molecule has 0 fully saturated rings. The van der Waals surface area contributed by atoms with Crippen molar-refractivity contribution in [3.63, 3.8) is 0 Å². The fraction of sp³-hybridized carbons (Fsp3) is 0.250. The van der Waals surface area contributed by atoms with E-state index in [9.17, 15) is 4.39 Å². The largest absolute Gasteiger partial charge is 0.308 e. The second-order valence-corrected chi connectivity index (χ2v) is 4.60. The van der Waals surface area contributed by atoms with Crippen LogP contribution < -0.4 is 5.32 Å². The van der Waals surface area contributed by atoms with Crippen LogP contribution >= 0.6 is 11.3 Å². The number of halogens is 1. The molecule has 1 heterocycles. The van der Waals surface area contributed by atoms with Gasteiger partial charge in [0.05, 0.1) is 16.7 Å². The predicted molar refractivity (Wildman–Crippen MR) is 64.2 cm³/mol. The molecular weight excluding hydrogens is 223 g/mol. The van der Waals surface area contributed by atoms with Gasteiger partial charge in [-0.2, -0.15) is 0 Å². The van der Waals surface area contributed by atoms with Crippen LogP contribution in [0.4, 0.5) is 4.39 Å². The number of hydrogen-bond acceptors (Lipinski definition) is 3. The van der Waals surface area contributed by atoms with E-state index in [1.54, 1.807) is 23.5 Å². The summed E-state index contributed by atoms with van der Waals surface area (Å²) in [4.78, 5) is 4.39. The maximum absolute atomic E-state index is 13.7. The molecule has 0 amide bonds. The van der Waals surface area contributed by atoms with Gasteiger partial charge in [0.1, 0.15) is 5.82 Å². The van der Waals surface area contributed by atoms with Gasteiger partial charge >= 0.3 is 0 Å². The molecule has 16 heavy (non-hydrogen) atoms. The van der Waals surface area contributed by atoms with Gasteiger partial charge in [-0.15, -0.1) is 11.3 Å². The average Bonchev–Trinajstić information content (AvgIpc) is 2.69. The van der Waals surface area contributed by atoms with E-state index < -0.39 is 0 Å². The van der Waals surface area contributed by atoms with Gasteiger partial charge in [0.15, 0.2) is 0 Å². The fourth-order valence-corrected chi connectivity index (χ4v) is 2.32. The van der Waals surface area contributed by atoms with E-state index in [1.807, 2.05) is 25.4 Å². The number of nitrogens with one attached hydrogen (secondary N) is 1. The van der Waals surface area contributed by atoms with Gasteiger partial charge in [0.2, 0.25) is 0 Å². The first-order chi connectivity index (χ1) is 7.72. The molecule has 0 radical (unpaired) electrons. The second kappa shape index (κ2) is 4.72. The van der Waals surface area contributed by atoms with Gasteiger partial charge in [-0.3, -0.25) is 0 Å². The Balaban J connectivity index is 2.40. The molecule has 0 aliphatic rings. The van der Waals surface area contributed by atoms with Crippen LogP contribution in [0.25, 0.3) is 0 Å². The number of aryl methyl sites for hydroxylation is 1. The van der Waals surface area contributed by atoms with E-state index in [0.29, 0.717) is 5.56 Å². The average molecular weight is 236 g/mol. The van der Waals surface area contributed by atoms with Gasteiger partial charge in [-0.25, -0.2) is 9.37 Å². The van der Waals surface area contributed by atoms with E-state index in [2.05, 4.69) is 10.3 Å². The highest BCUT2D eigenvalue weighted by molar-refractivity contribution is 7.09. The maximum atomic E-state index is 13.7. The summed E-state index contributed by atoms with van der Waals surface area (Å²) in [7, 11) is 1.81. The van der Waals surface area contributed by atoms with Gasteiger partial charge in [-0.05, 0) is 20.0 Å². The summed E-state index contributed by atoms with van der Waals surface area (Å²) in [5.41, 5.74) is 1.51. The molecular formula is C12H13FN2S. The smallest absolute Gasteiger partial charge is 0.128 e. The highest BCUT2D eigenvalue weighted by Crippen LogP contribution is 2.24. The third-order valence-corrected chi connectivity index (χ3v) is 3.23. The molecule has 2 rings (SSSR count). The van der Waals surface area contributed by atoms with Crippen molar-refractivity contribution < 1.29 is 4.39 Å². The Hall–Kier alpha value is -1.26. The van der Waals surface area contributed by atoms with E-state index >= 15 is 0 Å². The summed E-state index contributed by atoms with van der Waals surface area (Å²) < 4.78 is 13.7. The van der Waals surface area contributed by atoms with E-state index in [0.717, 1.165) is 10.7 Å². The minimum Gasteiger partial charge on any atom is -0.308 e. The van der Waals surface area contributed by atoms with Gasteiger partial charge in [0, 0.05) is 10.9 Å². The van der Waals surface area contributed by atoms with Crippen molar-refractivity contribution in [2.45, 2.75) is 13.0 Å². The van der Waals surface area contributed by atoms with Crippen LogP contribution in [0.2, 0.25) is 0 Å². The fourth-order valence-electron chi connectivity index (χ4n) is 1.68. The minimum absolute atomic E-state index is 0.175. The van der Waals surface area contributed by atoms with Gasteiger partial charge in [-0.1, -0.05) is 18.2 Å². The number of aromatic nitrogens is 1. The lowest BCUT2D eigenvalue weighted by Crippen LogP contribution is -2.19. The van der Waals surface area contributed by atoms with Crippen molar-refractivity contribution in [1.82, 2.24) is 10.3 Å². The molecule has 1 unspecified atom stereocenters. The summed E-state index contributed by atoms with van der Waals surface area (Å²) >= 11 is 1.58. The van der Waals surface area contributed by atoms with Crippen molar-refractivity contribution in [3.05, 3.63) is 51.7 Å². The van der Waals surface area contributed by atoms with E-state index in [-0.39, 0.29) is 11.9 Å². The molecule has 0 aliphatic heterocycles. The first kappa shape index (κ1) is 11.2. The van der Waals surface area contributed by atoms with E-state index in [1.165, 1.54) is 6.07 Å². The molecule has 4 heteroatoms. The van der Waals surface area contributed by atoms with Crippen molar-refractivity contribution in [2.24, 2.45) is 0 Å². The number of nitrogens with zero attached hydrogens (tertiary/aromatic N) is 1. The normalized spacial score (nSPS) is 12.7. The summed E-state index contributed by atoms with van der Waals surface area (Å²) in [6.07, 6.45) is 0. The third-order valence-electron chi connectivity index (χ3n) is 2.44. The van der Waals surface area contributed by atoms with Crippen molar-refractivity contribution in [1.29, 1.82) is 0 Å². The zero-order chi connectivity index (χ0) is 11.5. The topological polar surface area (TPSA) is 24.9 Å². The Labute approximate surface area is 98.2 Å². The van der Waals surface area contributed by atoms with Crippen LogP contribution in [0.1, 0.15) is 22.3 Å². The first-order valence-corrected chi connectivity index (χ1v) is 5.94. The maximum Gasteiger partial charge on any atom is 0.128 e. The number of benzene rings is 1. The molecule has 2 nitrogen and oxygen atoms in total. The minimum atomic E-state index is -0.201. The highest BCUT2D eigenvalue weighted by Gasteiger charge is 2.17. The van der Waals surface area contributed by atoms with Crippen LogP contribution in [0.5, 0.6) is 0 Å². The van der Waals surface area contributed by atoms with Gasteiger partial charge in [0.25, 0.3) is 0 Å². The molecule has 0 spiro atoms. The number of hydrogen-bond donors (Lipinski definition) is 1. The second-order valence-electron chi connectivity index (χ2n) is 3.53. The molecule has 1 aromatic heterocycles. The number of thiazole rings is 1. The van der Waals surface area contributed by atoms with Crippen molar-refractivity contribution >= 4 is 11.3 Å². The van der Waals surface area contributed by atoms with Crippen LogP contribution in [0.3, 0.4) is 0 Å². The zero-order valence-electron chi connectivity index (χ0n) is 9.20. The standard InChI is InChI=1S/C12H13FN2S/c1-8-15-11(7-16-8)12(14-2)9-5-3-4-6-10(9)13/h3-7,12,14H,1-2H3. The molecule has 84 valence electrons. The zero-order valence-corrected chi connectivity index (χ0v) is 10.0. The van der Waals surface area contributed by atoms with Crippen molar-refractivity contribution in [2.75, 3.05) is 7.05 Å². The summed E-state index contributed by atoms with van der Waals surface area (Å²) in [6.45, 7) is 1.95. The third kappa shape index (κ3) is 2.13. The Morgan fingerprint density at radius 3 is 2.69 bits per heavy atom. The molecule has 0 saturated heterocycles. The van der Waals surface area contributed by atoms with Crippen LogP contribution in [-0.2, 0) is 0 Å². The lowest BCUT2D eigenvalue weighted by molar-refractivity contribution is 0.571. The highest BCUT2D eigenvalue weighted by atomic mass is 32.1. The van der Waals surface area contributed by atoms with Crippen LogP contribution in [-0.4, -0.2) is 12.0 Å². The summed E-state index contributed by atoms with van der Waals surface area (Å²) in [5.74, 6) is -0.201. The molecule has 1 atom stereocenters. The lowest BCUT2D eigenvalue weighted by atomic mass is 10.0. The summed E-state index contributed by atoms with van der Waals surface area (Å²) in [6, 6.07) is 6.61. The van der Waals surface area contributed by atoms with Crippen molar-refractivity contribution in [3.8, 4) is 0 Å². The summed E-state index contributed by atoms with van der Waals surface area (Å²) in [5, 5.41) is 6.05. The predicted octanol–water partition coefficient (Wildman–Crippen LogP) is 2.90. The Kier molecular flexibility index (Phi) is 3.31. The number of rotatable bonds is 3. The van der Waals surface area contributed by atoms with Crippen LogP contribution in [0.15, 0.2) is 29.6 Å². The monoisotopic (exact) mass is 236 g/mol. The molecule has 1 N–H and O–H groups in total. The molecule has 2 aromatic rings. The Morgan fingerprint density at radius 2 is 2.12 bits per heavy atom. The first-order valence-electron chi connectivity index (χ1n) is 5.06. The van der Waals surface area contributed by atoms with Gasteiger partial charge < -0.3 is 5.32 Å². The Bertz CT molecular complexity index is 481. The quantitative estimate of drug-likeness (QED) is 0.886. The lowest BCUT2D eigenvalue weighted by Gasteiger charge is -2.14. The molecule has 1 aromatic carbocycles. The molecule has 0 bridgehead atoms. The SMILES string of the molecule is CNC(c1csc(C)n1)c1ccccc1F. The van der Waals surface area contributed by atoms with E-state index in [4.69, 9.17) is 0 Å². The Morgan fingerprint density at radius 1 is 1.38 bits per heavy atom.